The van der Waals surface area contributed by atoms with E-state index in [1.807, 2.05) is 27.7 Å². The predicted octanol–water partition coefficient (Wildman–Crippen LogP) is 1.70. The summed E-state index contributed by atoms with van der Waals surface area (Å²) in [6.45, 7) is 7.72. The van der Waals surface area contributed by atoms with E-state index in [-0.39, 0.29) is 42.2 Å². The fraction of sp³-hybridized carbons (Fsp3) is 0.769. The Bertz CT molecular complexity index is 329. The summed E-state index contributed by atoms with van der Waals surface area (Å²) in [5, 5.41) is 11.0. The van der Waals surface area contributed by atoms with Crippen molar-refractivity contribution in [2.24, 2.45) is 5.92 Å². The van der Waals surface area contributed by atoms with Gasteiger partial charge in [-0.15, -0.1) is 11.8 Å². The molecule has 0 aromatic heterocycles. The van der Waals surface area contributed by atoms with Gasteiger partial charge in [0.2, 0.25) is 5.91 Å². The molecule has 0 aromatic rings. The van der Waals surface area contributed by atoms with E-state index >= 15 is 0 Å². The molecule has 0 bridgehead atoms. The zero-order chi connectivity index (χ0) is 15.0. The van der Waals surface area contributed by atoms with E-state index in [0.717, 1.165) is 0 Å². The summed E-state index contributed by atoms with van der Waals surface area (Å²) >= 11 is 1.32. The third-order valence-electron chi connectivity index (χ3n) is 2.40. The molecule has 5 nitrogen and oxygen atoms in total. The van der Waals surface area contributed by atoms with Gasteiger partial charge in [0.15, 0.2) is 0 Å². The summed E-state index contributed by atoms with van der Waals surface area (Å²) in [4.78, 5) is 34.0. The van der Waals surface area contributed by atoms with Crippen molar-refractivity contribution in [3.05, 3.63) is 0 Å². The van der Waals surface area contributed by atoms with Crippen LogP contribution >= 0.6 is 11.8 Å². The first-order valence-electron chi connectivity index (χ1n) is 6.41. The van der Waals surface area contributed by atoms with Gasteiger partial charge in [0, 0.05) is 18.9 Å². The lowest BCUT2D eigenvalue weighted by Crippen LogP contribution is -2.36. The van der Waals surface area contributed by atoms with Crippen LogP contribution in [-0.4, -0.2) is 39.8 Å². The number of nitrogens with one attached hydrogen (secondary N) is 1. The lowest BCUT2D eigenvalue weighted by atomic mass is 10.1. The number of hydrogen-bond donors (Lipinski definition) is 2. The molecule has 2 N–H and O–H groups in total. The highest BCUT2D eigenvalue weighted by Gasteiger charge is 2.23. The number of Topliss-reactive ketones (excluding diaryl/α,β-unsaturated/α-hetero) is 1. The smallest absolute Gasteiger partial charge is 0.305 e. The van der Waals surface area contributed by atoms with E-state index in [4.69, 9.17) is 5.11 Å². The van der Waals surface area contributed by atoms with Crippen LogP contribution in [0.5, 0.6) is 0 Å². The molecule has 0 heterocycles. The number of carboxylic acid groups (broad SMARTS) is 1. The van der Waals surface area contributed by atoms with Crippen molar-refractivity contribution in [1.29, 1.82) is 0 Å². The van der Waals surface area contributed by atoms with Crippen molar-refractivity contribution in [2.45, 2.75) is 51.0 Å². The quantitative estimate of drug-likeness (QED) is 0.675. The Balaban J connectivity index is 4.24. The molecule has 6 heteroatoms. The zero-order valence-corrected chi connectivity index (χ0v) is 12.8. The average Bonchev–Trinajstić information content (AvgIpc) is 2.26. The number of amides is 1. The van der Waals surface area contributed by atoms with Crippen molar-refractivity contribution in [2.75, 3.05) is 6.54 Å². The Morgan fingerprint density at radius 2 is 1.74 bits per heavy atom. The summed E-state index contributed by atoms with van der Waals surface area (Å²) in [5.74, 6) is -1.26. The highest BCUT2D eigenvalue weighted by atomic mass is 32.2. The van der Waals surface area contributed by atoms with Gasteiger partial charge in [0.1, 0.15) is 5.78 Å². The minimum atomic E-state index is -0.994. The lowest BCUT2D eigenvalue weighted by molar-refractivity contribution is -0.138. The molecule has 0 aliphatic rings. The second-order valence-corrected chi connectivity index (χ2v) is 6.72. The highest BCUT2D eigenvalue weighted by Crippen LogP contribution is 2.20. The molecule has 0 radical (unpaired) electrons. The molecule has 0 saturated heterocycles. The molecule has 0 rings (SSSR count). The number of rotatable bonds is 9. The molecule has 1 unspecified atom stereocenters. The Hall–Kier alpha value is -1.04. The van der Waals surface area contributed by atoms with E-state index in [0.29, 0.717) is 0 Å². The molecule has 0 aromatic carbocycles. The molecular weight excluding hydrogens is 266 g/mol. The molecule has 110 valence electrons. The van der Waals surface area contributed by atoms with Gasteiger partial charge in [0.25, 0.3) is 0 Å². The zero-order valence-electron chi connectivity index (χ0n) is 11.9. The minimum absolute atomic E-state index is 0.0447. The maximum atomic E-state index is 11.9. The van der Waals surface area contributed by atoms with Gasteiger partial charge in [-0.2, -0.15) is 0 Å². The summed E-state index contributed by atoms with van der Waals surface area (Å²) in [6, 6.07) is 0. The van der Waals surface area contributed by atoms with Crippen LogP contribution in [0.1, 0.15) is 40.5 Å². The van der Waals surface area contributed by atoms with Gasteiger partial charge in [-0.3, -0.25) is 14.4 Å². The van der Waals surface area contributed by atoms with Gasteiger partial charge in [-0.05, 0) is 5.25 Å². The van der Waals surface area contributed by atoms with Crippen LogP contribution in [0.25, 0.3) is 0 Å². The minimum Gasteiger partial charge on any atom is -0.481 e. The van der Waals surface area contributed by atoms with Gasteiger partial charge in [-0.1, -0.05) is 27.7 Å². The lowest BCUT2D eigenvalue weighted by Gasteiger charge is -2.16. The maximum Gasteiger partial charge on any atom is 0.305 e. The first-order chi connectivity index (χ1) is 8.73. The number of thioether (sulfide) groups is 1. The van der Waals surface area contributed by atoms with Gasteiger partial charge < -0.3 is 10.4 Å². The van der Waals surface area contributed by atoms with E-state index in [1.54, 1.807) is 0 Å². The monoisotopic (exact) mass is 289 g/mol. The van der Waals surface area contributed by atoms with Crippen molar-refractivity contribution >= 4 is 29.4 Å². The number of ketones is 1. The topological polar surface area (TPSA) is 83.5 Å². The third kappa shape index (κ3) is 8.64. The number of carboxylic acids is 1. The largest absolute Gasteiger partial charge is 0.481 e. The Morgan fingerprint density at radius 3 is 2.16 bits per heavy atom. The van der Waals surface area contributed by atoms with Crippen molar-refractivity contribution in [1.82, 2.24) is 5.32 Å². The van der Waals surface area contributed by atoms with Crippen molar-refractivity contribution < 1.29 is 19.5 Å². The van der Waals surface area contributed by atoms with Crippen LogP contribution in [0.3, 0.4) is 0 Å². The van der Waals surface area contributed by atoms with E-state index in [2.05, 4.69) is 5.32 Å². The molecule has 0 aliphatic heterocycles. The molecule has 0 aliphatic carbocycles. The van der Waals surface area contributed by atoms with E-state index in [1.165, 1.54) is 11.8 Å². The molecule has 0 fully saturated rings. The van der Waals surface area contributed by atoms with Gasteiger partial charge in [0.05, 0.1) is 11.7 Å². The van der Waals surface area contributed by atoms with Crippen LogP contribution in [0.4, 0.5) is 0 Å². The SMILES string of the molecule is CC(C)SC(CC(=O)O)C(=O)NCCC(=O)C(C)C. The van der Waals surface area contributed by atoms with Gasteiger partial charge in [-0.25, -0.2) is 0 Å². The number of aliphatic carboxylic acids is 1. The average molecular weight is 289 g/mol. The number of carbonyl (C=O) groups is 3. The van der Waals surface area contributed by atoms with Crippen LogP contribution in [0, 0.1) is 5.92 Å². The normalized spacial score (nSPS) is 12.5. The fourth-order valence-corrected chi connectivity index (χ4v) is 2.50. The summed E-state index contributed by atoms with van der Waals surface area (Å²) < 4.78 is 0. The van der Waals surface area contributed by atoms with E-state index in [9.17, 15) is 14.4 Å². The second kappa shape index (κ2) is 8.96. The molecule has 0 saturated carbocycles. The Kier molecular flexibility index (Phi) is 8.47. The summed E-state index contributed by atoms with van der Waals surface area (Å²) in [7, 11) is 0. The number of carbonyl (C=O) groups excluding carboxylic acids is 2. The van der Waals surface area contributed by atoms with Gasteiger partial charge >= 0.3 is 5.97 Å². The summed E-state index contributed by atoms with van der Waals surface area (Å²) in [5.41, 5.74) is 0. The van der Waals surface area contributed by atoms with Crippen LogP contribution in [0.15, 0.2) is 0 Å². The van der Waals surface area contributed by atoms with Crippen molar-refractivity contribution in [3.8, 4) is 0 Å². The molecule has 19 heavy (non-hydrogen) atoms. The maximum absolute atomic E-state index is 11.9. The Labute approximate surface area is 118 Å². The predicted molar refractivity (Wildman–Crippen MR) is 76.2 cm³/mol. The molecule has 1 amide bonds. The standard InChI is InChI=1S/C13H23NO4S/c1-8(2)10(15)5-6-14-13(18)11(7-12(16)17)19-9(3)4/h8-9,11H,5-7H2,1-4H3,(H,14,18)(H,16,17). The van der Waals surface area contributed by atoms with Crippen molar-refractivity contribution in [3.63, 3.8) is 0 Å². The molecule has 0 spiro atoms. The summed E-state index contributed by atoms with van der Waals surface area (Å²) in [6.07, 6.45) is 0.0857. The second-order valence-electron chi connectivity index (χ2n) is 4.93. The third-order valence-corrected chi connectivity index (χ3v) is 3.66. The van der Waals surface area contributed by atoms with E-state index < -0.39 is 11.2 Å². The highest BCUT2D eigenvalue weighted by molar-refractivity contribution is 8.01. The van der Waals surface area contributed by atoms with Crippen LogP contribution in [-0.2, 0) is 14.4 Å². The fourth-order valence-electron chi connectivity index (χ4n) is 1.40. The van der Waals surface area contributed by atoms with Crippen LogP contribution < -0.4 is 5.32 Å². The first kappa shape index (κ1) is 18.0. The first-order valence-corrected chi connectivity index (χ1v) is 7.36. The molecule has 1 atom stereocenters. The molecular formula is C13H23NO4S. The number of hydrogen-bond acceptors (Lipinski definition) is 4. The Morgan fingerprint density at radius 1 is 1.16 bits per heavy atom. The van der Waals surface area contributed by atoms with Crippen LogP contribution in [0.2, 0.25) is 0 Å².